The van der Waals surface area contributed by atoms with E-state index >= 15 is 0 Å². The largest absolute Gasteiger partial charge is 0.385 e. The third kappa shape index (κ3) is 2.30. The van der Waals surface area contributed by atoms with Crippen LogP contribution in [0.3, 0.4) is 0 Å². The van der Waals surface area contributed by atoms with Crippen molar-refractivity contribution in [3.8, 4) is 0 Å². The Bertz CT molecular complexity index is 564. The Balaban J connectivity index is 2.72. The molecule has 0 atom stereocenters. The minimum absolute atomic E-state index is 0.206. The van der Waals surface area contributed by atoms with Gasteiger partial charge in [0.2, 0.25) is 0 Å². The lowest BCUT2D eigenvalue weighted by Crippen LogP contribution is -2.02. The Morgan fingerprint density at radius 1 is 1.28 bits per heavy atom. The standard InChI is InChI=1S/C15H19FN2/c1-4-6-11-9-13(17-5-2)14-12(16)8-7-10(3)15(14)18-11/h7-9H,4-6H2,1-3H3,(H,17,18). The summed E-state index contributed by atoms with van der Waals surface area (Å²) in [5.74, 6) is -0.206. The van der Waals surface area contributed by atoms with Crippen LogP contribution in [-0.4, -0.2) is 11.5 Å². The summed E-state index contributed by atoms with van der Waals surface area (Å²) in [6.07, 6.45) is 1.96. The van der Waals surface area contributed by atoms with Crippen LogP contribution in [0.4, 0.5) is 10.1 Å². The highest BCUT2D eigenvalue weighted by Gasteiger charge is 2.11. The van der Waals surface area contributed by atoms with E-state index in [1.807, 2.05) is 19.9 Å². The summed E-state index contributed by atoms with van der Waals surface area (Å²) in [5.41, 5.74) is 3.67. The van der Waals surface area contributed by atoms with Crippen molar-refractivity contribution in [3.63, 3.8) is 0 Å². The molecule has 1 aromatic heterocycles. The van der Waals surface area contributed by atoms with Crippen LogP contribution in [0.5, 0.6) is 0 Å². The second-order valence-electron chi connectivity index (χ2n) is 4.53. The van der Waals surface area contributed by atoms with E-state index < -0.39 is 0 Å². The monoisotopic (exact) mass is 246 g/mol. The van der Waals surface area contributed by atoms with E-state index in [1.54, 1.807) is 6.07 Å². The summed E-state index contributed by atoms with van der Waals surface area (Å²) < 4.78 is 14.0. The first-order valence-electron chi connectivity index (χ1n) is 6.50. The van der Waals surface area contributed by atoms with E-state index in [4.69, 9.17) is 0 Å². The molecule has 2 nitrogen and oxygen atoms in total. The molecular weight excluding hydrogens is 227 g/mol. The highest BCUT2D eigenvalue weighted by molar-refractivity contribution is 5.93. The minimum atomic E-state index is -0.206. The van der Waals surface area contributed by atoms with Gasteiger partial charge in [-0.15, -0.1) is 0 Å². The molecule has 3 heteroatoms. The molecule has 0 aliphatic rings. The fourth-order valence-electron chi connectivity index (χ4n) is 2.20. The predicted molar refractivity (Wildman–Crippen MR) is 74.6 cm³/mol. The average Bonchev–Trinajstić information content (AvgIpc) is 2.34. The number of nitrogens with zero attached hydrogens (tertiary/aromatic N) is 1. The molecule has 0 saturated heterocycles. The summed E-state index contributed by atoms with van der Waals surface area (Å²) in [4.78, 5) is 4.59. The molecule has 0 bridgehead atoms. The summed E-state index contributed by atoms with van der Waals surface area (Å²) in [7, 11) is 0. The van der Waals surface area contributed by atoms with Crippen molar-refractivity contribution in [2.45, 2.75) is 33.6 Å². The van der Waals surface area contributed by atoms with Crippen molar-refractivity contribution in [2.24, 2.45) is 0 Å². The Morgan fingerprint density at radius 2 is 2.06 bits per heavy atom. The Hall–Kier alpha value is -1.64. The molecule has 0 saturated carbocycles. The number of anilines is 1. The second-order valence-corrected chi connectivity index (χ2v) is 4.53. The van der Waals surface area contributed by atoms with E-state index in [1.165, 1.54) is 6.07 Å². The van der Waals surface area contributed by atoms with Crippen molar-refractivity contribution < 1.29 is 4.39 Å². The van der Waals surface area contributed by atoms with Crippen LogP contribution in [0.25, 0.3) is 10.9 Å². The average molecular weight is 246 g/mol. The van der Waals surface area contributed by atoms with Gasteiger partial charge in [0.1, 0.15) is 5.82 Å². The first-order valence-corrected chi connectivity index (χ1v) is 6.50. The van der Waals surface area contributed by atoms with Gasteiger partial charge in [-0.05, 0) is 38.0 Å². The molecule has 2 aromatic rings. The molecular formula is C15H19FN2. The van der Waals surface area contributed by atoms with Crippen LogP contribution < -0.4 is 5.32 Å². The van der Waals surface area contributed by atoms with Crippen LogP contribution >= 0.6 is 0 Å². The Morgan fingerprint density at radius 3 is 2.72 bits per heavy atom. The first kappa shape index (κ1) is 12.8. The van der Waals surface area contributed by atoms with Crippen LogP contribution in [0.1, 0.15) is 31.5 Å². The molecule has 18 heavy (non-hydrogen) atoms. The highest BCUT2D eigenvalue weighted by atomic mass is 19.1. The minimum Gasteiger partial charge on any atom is -0.385 e. The molecule has 0 unspecified atom stereocenters. The number of rotatable bonds is 4. The van der Waals surface area contributed by atoms with Crippen LogP contribution in [-0.2, 0) is 6.42 Å². The highest BCUT2D eigenvalue weighted by Crippen LogP contribution is 2.28. The van der Waals surface area contributed by atoms with Crippen molar-refractivity contribution in [1.82, 2.24) is 4.98 Å². The summed E-state index contributed by atoms with van der Waals surface area (Å²) >= 11 is 0. The van der Waals surface area contributed by atoms with E-state index in [0.717, 1.165) is 41.8 Å². The van der Waals surface area contributed by atoms with Crippen LogP contribution in [0.2, 0.25) is 0 Å². The van der Waals surface area contributed by atoms with Crippen molar-refractivity contribution in [3.05, 3.63) is 35.3 Å². The number of aryl methyl sites for hydroxylation is 2. The zero-order chi connectivity index (χ0) is 13.1. The fraction of sp³-hybridized carbons (Fsp3) is 0.400. The van der Waals surface area contributed by atoms with Crippen molar-refractivity contribution in [2.75, 3.05) is 11.9 Å². The number of benzene rings is 1. The van der Waals surface area contributed by atoms with Gasteiger partial charge < -0.3 is 5.32 Å². The van der Waals surface area contributed by atoms with Gasteiger partial charge in [-0.2, -0.15) is 0 Å². The number of hydrogen-bond acceptors (Lipinski definition) is 2. The number of nitrogens with one attached hydrogen (secondary N) is 1. The van der Waals surface area contributed by atoms with Gasteiger partial charge >= 0.3 is 0 Å². The number of hydrogen-bond donors (Lipinski definition) is 1. The molecule has 0 aliphatic carbocycles. The van der Waals surface area contributed by atoms with Gasteiger partial charge in [0.15, 0.2) is 0 Å². The molecule has 96 valence electrons. The van der Waals surface area contributed by atoms with E-state index in [2.05, 4.69) is 17.2 Å². The zero-order valence-corrected chi connectivity index (χ0v) is 11.2. The van der Waals surface area contributed by atoms with Gasteiger partial charge in [-0.1, -0.05) is 19.4 Å². The molecule has 2 rings (SSSR count). The lowest BCUT2D eigenvalue weighted by Gasteiger charge is -2.12. The Kier molecular flexibility index (Phi) is 3.80. The maximum Gasteiger partial charge on any atom is 0.134 e. The van der Waals surface area contributed by atoms with E-state index in [9.17, 15) is 4.39 Å². The molecule has 0 fully saturated rings. The molecule has 0 radical (unpaired) electrons. The lowest BCUT2D eigenvalue weighted by molar-refractivity contribution is 0.639. The van der Waals surface area contributed by atoms with Gasteiger partial charge in [-0.25, -0.2) is 4.39 Å². The summed E-state index contributed by atoms with van der Waals surface area (Å²) in [6, 6.07) is 5.27. The molecule has 0 spiro atoms. The maximum absolute atomic E-state index is 14.0. The molecule has 0 amide bonds. The van der Waals surface area contributed by atoms with E-state index in [0.29, 0.717) is 5.39 Å². The summed E-state index contributed by atoms with van der Waals surface area (Å²) in [6.45, 7) is 6.88. The predicted octanol–water partition coefficient (Wildman–Crippen LogP) is 4.07. The smallest absolute Gasteiger partial charge is 0.134 e. The van der Waals surface area contributed by atoms with Crippen molar-refractivity contribution in [1.29, 1.82) is 0 Å². The number of pyridine rings is 1. The number of fused-ring (bicyclic) bond motifs is 1. The third-order valence-corrected chi connectivity index (χ3v) is 3.04. The normalized spacial score (nSPS) is 10.9. The van der Waals surface area contributed by atoms with Gasteiger partial charge in [-0.3, -0.25) is 4.98 Å². The lowest BCUT2D eigenvalue weighted by atomic mass is 10.1. The Labute approximate surface area is 107 Å². The summed E-state index contributed by atoms with van der Waals surface area (Å²) in [5, 5.41) is 3.85. The third-order valence-electron chi connectivity index (χ3n) is 3.04. The zero-order valence-electron chi connectivity index (χ0n) is 11.2. The molecule has 1 N–H and O–H groups in total. The van der Waals surface area contributed by atoms with Gasteiger partial charge in [0.05, 0.1) is 10.9 Å². The molecule has 1 heterocycles. The SMILES string of the molecule is CCCc1cc(NCC)c2c(F)ccc(C)c2n1. The molecule has 1 aromatic carbocycles. The fourth-order valence-corrected chi connectivity index (χ4v) is 2.20. The van der Waals surface area contributed by atoms with Gasteiger partial charge in [0.25, 0.3) is 0 Å². The number of halogens is 1. The number of aromatic nitrogens is 1. The van der Waals surface area contributed by atoms with Crippen LogP contribution in [0, 0.1) is 12.7 Å². The maximum atomic E-state index is 14.0. The van der Waals surface area contributed by atoms with Crippen molar-refractivity contribution >= 4 is 16.6 Å². The molecule has 0 aliphatic heterocycles. The van der Waals surface area contributed by atoms with E-state index in [-0.39, 0.29) is 5.82 Å². The van der Waals surface area contributed by atoms with Crippen LogP contribution in [0.15, 0.2) is 18.2 Å². The quantitative estimate of drug-likeness (QED) is 0.879. The topological polar surface area (TPSA) is 24.9 Å². The first-order chi connectivity index (χ1) is 8.67. The second kappa shape index (κ2) is 5.34. The van der Waals surface area contributed by atoms with Gasteiger partial charge in [0, 0.05) is 17.9 Å².